The van der Waals surface area contributed by atoms with Crippen LogP contribution in [0.3, 0.4) is 0 Å². The third-order valence-corrected chi connectivity index (χ3v) is 3.12. The molecular weight excluding hydrogens is 298 g/mol. The summed E-state index contributed by atoms with van der Waals surface area (Å²) in [6.07, 6.45) is 2.02. The first kappa shape index (κ1) is 13.2. The Morgan fingerprint density at radius 1 is 1.50 bits per heavy atom. The van der Waals surface area contributed by atoms with Gasteiger partial charge in [-0.1, -0.05) is 29.3 Å². The fourth-order valence-corrected chi connectivity index (χ4v) is 2.17. The second kappa shape index (κ2) is 6.09. The van der Waals surface area contributed by atoms with Gasteiger partial charge < -0.3 is 14.8 Å². The number of carbonyl (C=O) groups is 1. The number of benzene rings is 1. The zero-order chi connectivity index (χ0) is 13.0. The van der Waals surface area contributed by atoms with Gasteiger partial charge in [0.05, 0.1) is 13.2 Å². The van der Waals surface area contributed by atoms with Gasteiger partial charge in [0.1, 0.15) is 23.7 Å². The predicted molar refractivity (Wildman–Crippen MR) is 72.4 cm³/mol. The number of fused-ring (bicyclic) bond motifs is 1. The first-order valence-electron chi connectivity index (χ1n) is 6.09. The maximum Gasteiger partial charge on any atom is 0.258 e. The monoisotopic (exact) mass is 313 g/mol. The van der Waals surface area contributed by atoms with Crippen LogP contribution < -0.4 is 14.8 Å². The molecule has 4 nitrogen and oxygen atoms in total. The van der Waals surface area contributed by atoms with Crippen LogP contribution in [-0.2, 0) is 0 Å². The molecule has 1 heterocycles. The number of amides is 1. The molecule has 0 aromatic heterocycles. The number of hydrogen-bond donors (Lipinski definition) is 1. The summed E-state index contributed by atoms with van der Waals surface area (Å²) in [5.74, 6) is 1.01. The molecule has 2 rings (SSSR count). The average Bonchev–Trinajstić information content (AvgIpc) is 2.51. The van der Waals surface area contributed by atoms with E-state index in [4.69, 9.17) is 9.47 Å². The number of nitrogens with one attached hydrogen (secondary N) is 1. The lowest BCUT2D eigenvalue weighted by Gasteiger charge is -2.13. The van der Waals surface area contributed by atoms with E-state index in [1.54, 1.807) is 6.07 Å². The third-order valence-electron chi connectivity index (χ3n) is 2.66. The predicted octanol–water partition coefficient (Wildman–Crippen LogP) is 2.75. The van der Waals surface area contributed by atoms with E-state index in [9.17, 15) is 4.79 Å². The first-order chi connectivity index (χ1) is 8.72. The van der Waals surface area contributed by atoms with Gasteiger partial charge in [-0.3, -0.25) is 4.79 Å². The van der Waals surface area contributed by atoms with Crippen molar-refractivity contribution in [2.75, 3.05) is 19.8 Å². The zero-order valence-electron chi connectivity index (χ0n) is 10.3. The van der Waals surface area contributed by atoms with Crippen molar-refractivity contribution in [1.82, 2.24) is 5.32 Å². The minimum absolute atomic E-state index is 0.138. The largest absolute Gasteiger partial charge is 0.493 e. The highest BCUT2D eigenvalue weighted by Gasteiger charge is 2.22. The lowest BCUT2D eigenvalue weighted by atomic mass is 10.1. The highest BCUT2D eigenvalue weighted by molar-refractivity contribution is 9.10. The van der Waals surface area contributed by atoms with Crippen LogP contribution in [0.1, 0.15) is 30.1 Å². The molecule has 1 amide bonds. The Balaban J connectivity index is 2.32. The maximum atomic E-state index is 12.0. The zero-order valence-corrected chi connectivity index (χ0v) is 11.9. The maximum absolute atomic E-state index is 12.0. The number of carbonyl (C=O) groups excluding carboxylic acids is 1. The van der Waals surface area contributed by atoms with Crippen molar-refractivity contribution < 1.29 is 14.3 Å². The van der Waals surface area contributed by atoms with E-state index >= 15 is 0 Å². The number of halogens is 1. The summed E-state index contributed by atoms with van der Waals surface area (Å²) in [5.41, 5.74) is 0.492. The van der Waals surface area contributed by atoms with E-state index in [1.165, 1.54) is 0 Å². The molecule has 18 heavy (non-hydrogen) atoms. The smallest absolute Gasteiger partial charge is 0.258 e. The van der Waals surface area contributed by atoms with E-state index in [0.29, 0.717) is 36.8 Å². The van der Waals surface area contributed by atoms with E-state index in [2.05, 4.69) is 28.2 Å². The normalized spacial score (nSPS) is 14.2. The molecule has 0 bridgehead atoms. The van der Waals surface area contributed by atoms with Crippen molar-refractivity contribution in [2.24, 2.45) is 0 Å². The minimum atomic E-state index is -0.138. The van der Waals surface area contributed by atoms with Crippen molar-refractivity contribution in [2.45, 2.75) is 19.8 Å². The molecule has 0 atom stereocenters. The second-order valence-electron chi connectivity index (χ2n) is 4.08. The molecule has 0 aliphatic carbocycles. The van der Waals surface area contributed by atoms with Gasteiger partial charge in [-0.25, -0.2) is 0 Å². The Hall–Kier alpha value is -1.23. The molecule has 0 fully saturated rings. The lowest BCUT2D eigenvalue weighted by Crippen LogP contribution is -2.24. The summed E-state index contributed by atoms with van der Waals surface area (Å²) in [6, 6.07) is 3.61. The number of hydrogen-bond acceptors (Lipinski definition) is 3. The van der Waals surface area contributed by atoms with Gasteiger partial charge in [0, 0.05) is 4.47 Å². The SMILES string of the molecule is CCCCOc1cc(Br)cc2c1C(=O)NCCO2. The Kier molecular flexibility index (Phi) is 4.47. The van der Waals surface area contributed by atoms with Crippen molar-refractivity contribution in [3.8, 4) is 11.5 Å². The summed E-state index contributed by atoms with van der Waals surface area (Å²) in [4.78, 5) is 12.0. The van der Waals surface area contributed by atoms with Crippen molar-refractivity contribution in [3.05, 3.63) is 22.2 Å². The van der Waals surface area contributed by atoms with Gasteiger partial charge in [0.2, 0.25) is 0 Å². The van der Waals surface area contributed by atoms with Crippen molar-refractivity contribution in [1.29, 1.82) is 0 Å². The molecule has 0 radical (unpaired) electrons. The molecule has 1 aromatic carbocycles. The molecule has 0 unspecified atom stereocenters. The van der Waals surface area contributed by atoms with E-state index in [1.807, 2.05) is 6.07 Å². The van der Waals surface area contributed by atoms with Crippen LogP contribution in [0.4, 0.5) is 0 Å². The molecule has 5 heteroatoms. The summed E-state index contributed by atoms with van der Waals surface area (Å²) < 4.78 is 12.1. The molecule has 1 aliphatic rings. The van der Waals surface area contributed by atoms with E-state index in [0.717, 1.165) is 17.3 Å². The van der Waals surface area contributed by atoms with Gasteiger partial charge >= 0.3 is 0 Å². The molecule has 98 valence electrons. The van der Waals surface area contributed by atoms with Crippen LogP contribution in [0.2, 0.25) is 0 Å². The summed E-state index contributed by atoms with van der Waals surface area (Å²) in [5, 5.41) is 2.79. The van der Waals surface area contributed by atoms with Crippen molar-refractivity contribution in [3.63, 3.8) is 0 Å². The molecule has 1 aliphatic heterocycles. The van der Waals surface area contributed by atoms with Gasteiger partial charge in [-0.2, -0.15) is 0 Å². The fraction of sp³-hybridized carbons (Fsp3) is 0.462. The van der Waals surface area contributed by atoms with E-state index < -0.39 is 0 Å². The quantitative estimate of drug-likeness (QED) is 0.869. The van der Waals surface area contributed by atoms with Gasteiger partial charge in [-0.15, -0.1) is 0 Å². The molecule has 0 saturated carbocycles. The van der Waals surface area contributed by atoms with Crippen LogP contribution >= 0.6 is 15.9 Å². The highest BCUT2D eigenvalue weighted by atomic mass is 79.9. The van der Waals surface area contributed by atoms with Crippen LogP contribution in [-0.4, -0.2) is 25.7 Å². The molecule has 1 N–H and O–H groups in total. The van der Waals surface area contributed by atoms with Gasteiger partial charge in [0.15, 0.2) is 0 Å². The van der Waals surface area contributed by atoms with Crippen LogP contribution in [0, 0.1) is 0 Å². The summed E-state index contributed by atoms with van der Waals surface area (Å²) in [7, 11) is 0. The highest BCUT2D eigenvalue weighted by Crippen LogP contribution is 2.34. The van der Waals surface area contributed by atoms with Crippen molar-refractivity contribution >= 4 is 21.8 Å². The molecule has 1 aromatic rings. The molecular formula is C13H16BrNO3. The van der Waals surface area contributed by atoms with E-state index in [-0.39, 0.29) is 5.91 Å². The Bertz CT molecular complexity index is 448. The van der Waals surface area contributed by atoms with Crippen LogP contribution in [0.25, 0.3) is 0 Å². The third kappa shape index (κ3) is 2.96. The Morgan fingerprint density at radius 2 is 2.33 bits per heavy atom. The number of rotatable bonds is 4. The minimum Gasteiger partial charge on any atom is -0.493 e. The number of unbranched alkanes of at least 4 members (excludes halogenated alkanes) is 1. The first-order valence-corrected chi connectivity index (χ1v) is 6.89. The standard InChI is InChI=1S/C13H16BrNO3/c1-2-3-5-17-10-7-9(14)8-11-12(10)13(16)15-4-6-18-11/h7-8H,2-6H2,1H3,(H,15,16). The van der Waals surface area contributed by atoms with Gasteiger partial charge in [-0.05, 0) is 18.6 Å². The molecule has 0 spiro atoms. The Labute approximate surface area is 115 Å². The summed E-state index contributed by atoms with van der Waals surface area (Å²) in [6.45, 7) is 3.69. The topological polar surface area (TPSA) is 47.6 Å². The average molecular weight is 314 g/mol. The van der Waals surface area contributed by atoms with Crippen LogP contribution in [0.15, 0.2) is 16.6 Å². The second-order valence-corrected chi connectivity index (χ2v) is 5.00. The fourth-order valence-electron chi connectivity index (χ4n) is 1.75. The van der Waals surface area contributed by atoms with Gasteiger partial charge in [0.25, 0.3) is 5.91 Å². The Morgan fingerprint density at radius 3 is 3.11 bits per heavy atom. The molecule has 0 saturated heterocycles. The number of ether oxygens (including phenoxy) is 2. The van der Waals surface area contributed by atoms with Crippen LogP contribution in [0.5, 0.6) is 11.5 Å². The summed E-state index contributed by atoms with van der Waals surface area (Å²) >= 11 is 3.40. The lowest BCUT2D eigenvalue weighted by molar-refractivity contribution is 0.0953.